The highest BCUT2D eigenvalue weighted by Crippen LogP contribution is 2.09. The average Bonchev–Trinajstić information content (AvgIpc) is 2.89. The Morgan fingerprint density at radius 2 is 2.14 bits per heavy atom. The van der Waals surface area contributed by atoms with Crippen LogP contribution >= 0.6 is 0 Å². The predicted molar refractivity (Wildman–Crippen MR) is 78.5 cm³/mol. The molecule has 0 fully saturated rings. The van der Waals surface area contributed by atoms with Crippen LogP contribution in [-0.2, 0) is 14.3 Å². The topological polar surface area (TPSA) is 68.5 Å². The molecule has 2 aromatic rings. The summed E-state index contributed by atoms with van der Waals surface area (Å²) in [7, 11) is 0. The Bertz CT molecular complexity index is 706. The molecule has 0 spiro atoms. The van der Waals surface area contributed by atoms with Crippen LogP contribution in [0, 0.1) is 12.7 Å². The van der Waals surface area contributed by atoms with Gasteiger partial charge in [0.15, 0.2) is 6.61 Å². The Labute approximate surface area is 126 Å². The summed E-state index contributed by atoms with van der Waals surface area (Å²) in [5.41, 5.74) is 0.294. The van der Waals surface area contributed by atoms with E-state index in [4.69, 9.17) is 9.15 Å². The van der Waals surface area contributed by atoms with Crippen LogP contribution in [0.25, 0.3) is 6.08 Å². The molecule has 6 heteroatoms. The Morgan fingerprint density at radius 1 is 1.32 bits per heavy atom. The molecule has 22 heavy (non-hydrogen) atoms. The highest BCUT2D eigenvalue weighted by atomic mass is 19.1. The summed E-state index contributed by atoms with van der Waals surface area (Å²) in [5.74, 6) is -0.461. The molecule has 0 bridgehead atoms. The van der Waals surface area contributed by atoms with E-state index < -0.39 is 24.3 Å². The first-order chi connectivity index (χ1) is 10.5. The fourth-order valence-electron chi connectivity index (χ4n) is 1.64. The van der Waals surface area contributed by atoms with Crippen molar-refractivity contribution in [1.29, 1.82) is 0 Å². The summed E-state index contributed by atoms with van der Waals surface area (Å²) in [4.78, 5) is 23.0. The average molecular weight is 303 g/mol. The minimum Gasteiger partial charge on any atom is -0.462 e. The van der Waals surface area contributed by atoms with Gasteiger partial charge in [0.25, 0.3) is 5.91 Å². The van der Waals surface area contributed by atoms with Gasteiger partial charge < -0.3 is 14.5 Å². The molecule has 2 rings (SSSR count). The van der Waals surface area contributed by atoms with Gasteiger partial charge in [-0.1, -0.05) is 6.07 Å². The lowest BCUT2D eigenvalue weighted by Gasteiger charge is -2.05. The van der Waals surface area contributed by atoms with Gasteiger partial charge in [-0.05, 0) is 43.3 Å². The summed E-state index contributed by atoms with van der Waals surface area (Å²) in [5, 5.41) is 2.42. The summed E-state index contributed by atoms with van der Waals surface area (Å²) in [6.07, 6.45) is 2.60. The van der Waals surface area contributed by atoms with Crippen LogP contribution < -0.4 is 5.32 Å². The number of halogens is 1. The van der Waals surface area contributed by atoms with Gasteiger partial charge in [0, 0.05) is 11.8 Å². The molecule has 0 radical (unpaired) electrons. The maximum atomic E-state index is 12.9. The van der Waals surface area contributed by atoms with Crippen LogP contribution in [0.5, 0.6) is 0 Å². The molecule has 114 valence electrons. The largest absolute Gasteiger partial charge is 0.462 e. The third-order valence-electron chi connectivity index (χ3n) is 2.60. The van der Waals surface area contributed by atoms with Gasteiger partial charge in [-0.15, -0.1) is 0 Å². The van der Waals surface area contributed by atoms with Crippen molar-refractivity contribution in [1.82, 2.24) is 0 Å². The van der Waals surface area contributed by atoms with E-state index in [0.717, 1.165) is 11.8 Å². The van der Waals surface area contributed by atoms with Crippen molar-refractivity contribution in [3.05, 3.63) is 59.8 Å². The van der Waals surface area contributed by atoms with E-state index in [-0.39, 0.29) is 0 Å². The molecule has 0 aliphatic carbocycles. The molecular formula is C16H14FNO4. The molecule has 0 saturated carbocycles. The van der Waals surface area contributed by atoms with Crippen LogP contribution in [0.2, 0.25) is 0 Å². The lowest BCUT2D eigenvalue weighted by atomic mass is 10.3. The summed E-state index contributed by atoms with van der Waals surface area (Å²) >= 11 is 0. The van der Waals surface area contributed by atoms with E-state index in [1.54, 1.807) is 19.1 Å². The van der Waals surface area contributed by atoms with Crippen LogP contribution in [-0.4, -0.2) is 18.5 Å². The number of hydrogen-bond donors (Lipinski definition) is 1. The summed E-state index contributed by atoms with van der Waals surface area (Å²) in [6.45, 7) is 1.32. The first-order valence-corrected chi connectivity index (χ1v) is 6.49. The highest BCUT2D eigenvalue weighted by Gasteiger charge is 2.06. The van der Waals surface area contributed by atoms with Crippen molar-refractivity contribution in [3.63, 3.8) is 0 Å². The molecule has 1 heterocycles. The minimum absolute atomic E-state index is 0.294. The van der Waals surface area contributed by atoms with E-state index in [1.165, 1.54) is 30.3 Å². The first-order valence-electron chi connectivity index (χ1n) is 6.49. The Hall–Kier alpha value is -2.89. The molecule has 0 saturated heterocycles. The summed E-state index contributed by atoms with van der Waals surface area (Å²) in [6, 6.07) is 8.88. The lowest BCUT2D eigenvalue weighted by molar-refractivity contribution is -0.142. The van der Waals surface area contributed by atoms with Gasteiger partial charge in [0.05, 0.1) is 0 Å². The number of benzene rings is 1. The van der Waals surface area contributed by atoms with Crippen LogP contribution in [0.1, 0.15) is 11.5 Å². The fourth-order valence-corrected chi connectivity index (χ4v) is 1.64. The molecule has 1 amide bonds. The lowest BCUT2D eigenvalue weighted by Crippen LogP contribution is -2.20. The quantitative estimate of drug-likeness (QED) is 0.681. The van der Waals surface area contributed by atoms with E-state index in [0.29, 0.717) is 11.4 Å². The second-order valence-corrected chi connectivity index (χ2v) is 4.45. The number of esters is 1. The molecule has 0 aliphatic heterocycles. The van der Waals surface area contributed by atoms with Crippen molar-refractivity contribution in [2.75, 3.05) is 11.9 Å². The van der Waals surface area contributed by atoms with Crippen molar-refractivity contribution in [2.24, 2.45) is 0 Å². The smallest absolute Gasteiger partial charge is 0.331 e. The van der Waals surface area contributed by atoms with Gasteiger partial charge in [0.1, 0.15) is 17.3 Å². The molecular weight excluding hydrogens is 289 g/mol. The third kappa shape index (κ3) is 4.90. The van der Waals surface area contributed by atoms with Crippen LogP contribution in [0.3, 0.4) is 0 Å². The molecule has 0 aliphatic rings. The molecule has 1 aromatic heterocycles. The number of carbonyl (C=O) groups is 2. The number of carbonyl (C=O) groups excluding carboxylic acids is 2. The Morgan fingerprint density at radius 3 is 2.82 bits per heavy atom. The molecule has 5 nitrogen and oxygen atoms in total. The SMILES string of the molecule is Cc1ccc(/C=C/C(=O)OCC(=O)Nc2cccc(F)c2)o1. The summed E-state index contributed by atoms with van der Waals surface area (Å²) < 4.78 is 22.9. The van der Waals surface area contributed by atoms with Crippen molar-refractivity contribution in [2.45, 2.75) is 6.92 Å². The maximum Gasteiger partial charge on any atom is 0.331 e. The van der Waals surface area contributed by atoms with E-state index in [1.807, 2.05) is 0 Å². The molecule has 0 unspecified atom stereocenters. The monoisotopic (exact) mass is 303 g/mol. The van der Waals surface area contributed by atoms with Gasteiger partial charge in [-0.3, -0.25) is 4.79 Å². The zero-order valence-electron chi connectivity index (χ0n) is 11.8. The Kier molecular flexibility index (Phi) is 5.08. The number of ether oxygens (including phenoxy) is 1. The first kappa shape index (κ1) is 15.5. The number of amides is 1. The second-order valence-electron chi connectivity index (χ2n) is 4.45. The van der Waals surface area contributed by atoms with Crippen LogP contribution in [0.4, 0.5) is 10.1 Å². The predicted octanol–water partition coefficient (Wildman–Crippen LogP) is 2.92. The standard InChI is InChI=1S/C16H14FNO4/c1-11-5-6-14(22-11)7-8-16(20)21-10-15(19)18-13-4-2-3-12(17)9-13/h2-9H,10H2,1H3,(H,18,19)/b8-7+. The van der Waals surface area contributed by atoms with Crippen molar-refractivity contribution < 1.29 is 23.1 Å². The number of nitrogens with one attached hydrogen (secondary N) is 1. The second kappa shape index (κ2) is 7.21. The van der Waals surface area contributed by atoms with Crippen molar-refractivity contribution >= 4 is 23.6 Å². The molecule has 1 aromatic carbocycles. The van der Waals surface area contributed by atoms with E-state index in [9.17, 15) is 14.0 Å². The third-order valence-corrected chi connectivity index (χ3v) is 2.60. The van der Waals surface area contributed by atoms with Gasteiger partial charge in [-0.2, -0.15) is 0 Å². The number of rotatable bonds is 5. The molecule has 1 N–H and O–H groups in total. The van der Waals surface area contributed by atoms with Crippen molar-refractivity contribution in [3.8, 4) is 0 Å². The van der Waals surface area contributed by atoms with E-state index in [2.05, 4.69) is 5.32 Å². The van der Waals surface area contributed by atoms with Gasteiger partial charge >= 0.3 is 5.97 Å². The van der Waals surface area contributed by atoms with Crippen LogP contribution in [0.15, 0.2) is 46.9 Å². The Balaban J connectivity index is 1.78. The van der Waals surface area contributed by atoms with Gasteiger partial charge in [0.2, 0.25) is 0 Å². The number of hydrogen-bond acceptors (Lipinski definition) is 4. The zero-order valence-corrected chi connectivity index (χ0v) is 11.8. The highest BCUT2D eigenvalue weighted by molar-refractivity contribution is 5.94. The minimum atomic E-state index is -0.677. The van der Waals surface area contributed by atoms with E-state index >= 15 is 0 Å². The number of aryl methyl sites for hydroxylation is 1. The number of furan rings is 1. The van der Waals surface area contributed by atoms with Gasteiger partial charge in [-0.25, -0.2) is 9.18 Å². The normalized spacial score (nSPS) is 10.6. The molecule has 0 atom stereocenters. The maximum absolute atomic E-state index is 12.9. The zero-order chi connectivity index (χ0) is 15.9. The fraction of sp³-hybridized carbons (Fsp3) is 0.125. The number of anilines is 1.